The van der Waals surface area contributed by atoms with Crippen LogP contribution in [-0.4, -0.2) is 82.1 Å². The van der Waals surface area contributed by atoms with Crippen molar-refractivity contribution in [2.24, 2.45) is 16.9 Å². The van der Waals surface area contributed by atoms with Crippen molar-refractivity contribution in [3.05, 3.63) is 64.7 Å². The number of halogens is 12. The molecule has 1 aromatic heterocycles. The van der Waals surface area contributed by atoms with E-state index in [-0.39, 0.29) is 23.3 Å². The molecule has 300 valence electrons. The number of hydrazone groups is 1. The minimum atomic E-state index is -5.24. The number of hydrogen-bond donors (Lipinski definition) is 1. The predicted molar refractivity (Wildman–Crippen MR) is 166 cm³/mol. The number of anilines is 2. The Kier molecular flexibility index (Phi) is 8.65. The highest BCUT2D eigenvalue weighted by molar-refractivity contribution is 5.93. The first kappa shape index (κ1) is 38.8. The van der Waals surface area contributed by atoms with Gasteiger partial charge < -0.3 is 19.5 Å². The fourth-order valence-electron chi connectivity index (χ4n) is 7.35. The number of aromatic nitrogens is 2. The molecule has 56 heavy (non-hydrogen) atoms. The molecule has 5 atom stereocenters. The smallest absolute Gasteiger partial charge is 0.416 e. The average molecular weight is 813 g/mol. The van der Waals surface area contributed by atoms with Crippen molar-refractivity contribution in [1.29, 1.82) is 0 Å². The molecule has 0 spiro atoms. The lowest BCUT2D eigenvalue weighted by Crippen LogP contribution is -2.57. The summed E-state index contributed by atoms with van der Waals surface area (Å²) in [7, 11) is 0.982. The number of carbonyl (C=O) groups excluding carboxylic acids is 1. The lowest BCUT2D eigenvalue weighted by Gasteiger charge is -2.38. The van der Waals surface area contributed by atoms with Gasteiger partial charge >= 0.3 is 30.6 Å². The second-order valence-corrected chi connectivity index (χ2v) is 13.5. The third-order valence-electron chi connectivity index (χ3n) is 10.0. The summed E-state index contributed by atoms with van der Waals surface area (Å²) in [6.07, 6.45) is -17.0. The molecule has 3 unspecified atom stereocenters. The lowest BCUT2D eigenvalue weighted by atomic mass is 9.97. The molecule has 1 amide bonds. The monoisotopic (exact) mass is 812 g/mol. The highest BCUT2D eigenvalue weighted by Crippen LogP contribution is 2.66. The van der Waals surface area contributed by atoms with Gasteiger partial charge in [-0.1, -0.05) is 0 Å². The molecule has 23 heteroatoms. The van der Waals surface area contributed by atoms with E-state index in [1.165, 1.54) is 6.92 Å². The van der Waals surface area contributed by atoms with Crippen molar-refractivity contribution in [2.75, 3.05) is 30.1 Å². The van der Waals surface area contributed by atoms with Crippen molar-refractivity contribution in [2.45, 2.75) is 55.6 Å². The summed E-state index contributed by atoms with van der Waals surface area (Å²) in [5.41, 5.74) is -8.77. The quantitative estimate of drug-likeness (QED) is 0.234. The van der Waals surface area contributed by atoms with Gasteiger partial charge in [0, 0.05) is 35.5 Å². The van der Waals surface area contributed by atoms with Crippen LogP contribution >= 0.6 is 0 Å². The topological polar surface area (TPSA) is 121 Å². The van der Waals surface area contributed by atoms with E-state index in [2.05, 4.69) is 15.1 Å². The molecular weight excluding hydrogens is 788 g/mol. The Morgan fingerprint density at radius 2 is 1.61 bits per heavy atom. The Balaban J connectivity index is 1.31. The van der Waals surface area contributed by atoms with Crippen molar-refractivity contribution in [1.82, 2.24) is 14.9 Å². The van der Waals surface area contributed by atoms with Crippen LogP contribution in [-0.2, 0) is 28.4 Å². The lowest BCUT2D eigenvalue weighted by molar-refractivity contribution is -0.168. The van der Waals surface area contributed by atoms with E-state index in [9.17, 15) is 63.0 Å². The maximum absolute atomic E-state index is 15.8. The van der Waals surface area contributed by atoms with Gasteiger partial charge in [0.2, 0.25) is 5.95 Å². The van der Waals surface area contributed by atoms with Crippen LogP contribution in [0.4, 0.5) is 69.1 Å². The summed E-state index contributed by atoms with van der Waals surface area (Å²) in [5.74, 6) is -10.9. The fraction of sp³-hybridized carbons (Fsp3) is 0.424. The van der Waals surface area contributed by atoms with Gasteiger partial charge in [0.1, 0.15) is 12.0 Å². The van der Waals surface area contributed by atoms with Crippen LogP contribution in [0.2, 0.25) is 0 Å². The van der Waals surface area contributed by atoms with Gasteiger partial charge in [-0.05, 0) is 36.8 Å². The van der Waals surface area contributed by atoms with Crippen molar-refractivity contribution >= 4 is 29.9 Å². The second-order valence-electron chi connectivity index (χ2n) is 13.5. The molecule has 4 aliphatic rings. The molecule has 0 radical (unpaired) electrons. The SMILES string of the molecule is COc1c(F)cc(N2N=CC3C(C(=O)O)C32C(F)(F)F)cc1-c1cnc(N2CC(F)(F)C2)nc1CN1C(=O)O[C@H](c2cc(C(F)(F)F)cc(C(F)(F)F)c2)[C@@H]1C. The zero-order valence-electron chi connectivity index (χ0n) is 28.3. The van der Waals surface area contributed by atoms with Gasteiger partial charge in [-0.2, -0.15) is 44.6 Å². The van der Waals surface area contributed by atoms with Crippen molar-refractivity contribution in [3.63, 3.8) is 0 Å². The molecule has 2 saturated heterocycles. The molecule has 7 rings (SSSR count). The number of hydrogen-bond acceptors (Lipinski definition) is 9. The number of alkyl halides is 11. The first-order chi connectivity index (χ1) is 25.9. The summed E-state index contributed by atoms with van der Waals surface area (Å²) >= 11 is 0. The normalized spacial score (nSPS) is 25.6. The minimum Gasteiger partial charge on any atom is -0.493 e. The molecule has 1 aliphatic carbocycles. The van der Waals surface area contributed by atoms with E-state index >= 15 is 4.39 Å². The number of rotatable bonds is 8. The van der Waals surface area contributed by atoms with Crippen LogP contribution in [0, 0.1) is 17.7 Å². The molecule has 2 aromatic carbocycles. The molecule has 3 aromatic rings. The van der Waals surface area contributed by atoms with Crippen LogP contribution in [0.1, 0.15) is 35.4 Å². The van der Waals surface area contributed by atoms with Crippen LogP contribution in [0.15, 0.2) is 41.6 Å². The van der Waals surface area contributed by atoms with Crippen LogP contribution in [0.25, 0.3) is 11.1 Å². The fourth-order valence-corrected chi connectivity index (χ4v) is 7.35. The van der Waals surface area contributed by atoms with E-state index < -0.39 is 125 Å². The van der Waals surface area contributed by atoms with E-state index in [4.69, 9.17) is 9.47 Å². The molecule has 3 aliphatic heterocycles. The highest BCUT2D eigenvalue weighted by atomic mass is 19.4. The first-order valence-corrected chi connectivity index (χ1v) is 16.2. The van der Waals surface area contributed by atoms with Crippen molar-refractivity contribution in [3.8, 4) is 16.9 Å². The number of carbonyl (C=O) groups is 2. The zero-order valence-corrected chi connectivity index (χ0v) is 28.3. The van der Waals surface area contributed by atoms with Gasteiger partial charge in [0.05, 0.1) is 55.3 Å². The van der Waals surface area contributed by atoms with Gasteiger partial charge in [0.25, 0.3) is 5.92 Å². The van der Waals surface area contributed by atoms with Crippen LogP contribution in [0.5, 0.6) is 5.75 Å². The van der Waals surface area contributed by atoms with Gasteiger partial charge in [-0.15, -0.1) is 0 Å². The maximum Gasteiger partial charge on any atom is 0.416 e. The Labute approximate surface area is 306 Å². The number of nitrogens with zero attached hydrogens (tertiary/aromatic N) is 6. The molecular formula is C33H24F12N6O5. The standard InChI is InChI=1S/C33H24F12N6O5/c1-13-24(14-3-15(31(37,38)39)5-16(4-14)32(40,41)42)56-28(54)50(13)10-22-19(8-46-27(48-22)49-11-29(35,36)12-49)18-6-17(7-21(34)25(18)55-2)51-30(33(43,44)45)20(9-47-51)23(30)26(52)53/h3-9,13,20,23-24H,10-12H2,1-2H3,(H,52,53)/t13-,20?,23?,24-,30?/m0/s1. The van der Waals surface area contributed by atoms with Crippen LogP contribution < -0.4 is 14.6 Å². The average Bonchev–Trinajstić information content (AvgIpc) is 3.49. The molecule has 4 heterocycles. The van der Waals surface area contributed by atoms with Gasteiger partial charge in [-0.25, -0.2) is 32.9 Å². The molecule has 1 N–H and O–H groups in total. The van der Waals surface area contributed by atoms with E-state index in [1.54, 1.807) is 0 Å². The Morgan fingerprint density at radius 3 is 2.12 bits per heavy atom. The maximum atomic E-state index is 15.8. The molecule has 1 saturated carbocycles. The number of fused-ring (bicyclic) bond motifs is 1. The first-order valence-electron chi connectivity index (χ1n) is 16.2. The van der Waals surface area contributed by atoms with E-state index in [1.807, 2.05) is 0 Å². The molecule has 11 nitrogen and oxygen atoms in total. The number of ether oxygens (including phenoxy) is 2. The molecule has 3 fully saturated rings. The van der Waals surface area contributed by atoms with Crippen molar-refractivity contribution < 1.29 is 76.9 Å². The third kappa shape index (κ3) is 6.14. The number of carboxylic acid groups (broad SMARTS) is 1. The van der Waals surface area contributed by atoms with E-state index in [0.29, 0.717) is 23.2 Å². The van der Waals surface area contributed by atoms with Gasteiger partial charge in [-0.3, -0.25) is 9.69 Å². The van der Waals surface area contributed by atoms with Crippen LogP contribution in [0.3, 0.4) is 0 Å². The highest BCUT2D eigenvalue weighted by Gasteiger charge is 2.86. The summed E-state index contributed by atoms with van der Waals surface area (Å²) < 4.78 is 179. The number of methoxy groups -OCH3 is 1. The minimum absolute atomic E-state index is 0.119. The second kappa shape index (κ2) is 12.5. The predicted octanol–water partition coefficient (Wildman–Crippen LogP) is 7.30. The Bertz CT molecular complexity index is 2120. The Hall–Kier alpha value is -5.51. The number of benzene rings is 2. The number of amides is 1. The number of carboxylic acids is 1. The summed E-state index contributed by atoms with van der Waals surface area (Å²) in [4.78, 5) is 35.2. The third-order valence-corrected chi connectivity index (χ3v) is 10.0. The molecule has 0 bridgehead atoms. The summed E-state index contributed by atoms with van der Waals surface area (Å²) in [6.45, 7) is -1.25. The van der Waals surface area contributed by atoms with Gasteiger partial charge in [0.15, 0.2) is 17.1 Å². The Morgan fingerprint density at radius 1 is 0.982 bits per heavy atom. The summed E-state index contributed by atoms with van der Waals surface area (Å²) in [6, 6.07) is 0.811. The summed E-state index contributed by atoms with van der Waals surface area (Å²) in [5, 5.41) is 13.6. The largest absolute Gasteiger partial charge is 0.493 e. The zero-order chi connectivity index (χ0) is 41.1. The number of aliphatic carboxylic acids is 1. The van der Waals surface area contributed by atoms with E-state index in [0.717, 1.165) is 35.4 Å². The number of cyclic esters (lactones) is 1.